The number of halogens is 1. The molecule has 0 saturated carbocycles. The van der Waals surface area contributed by atoms with Gasteiger partial charge in [-0.05, 0) is 12.1 Å². The molecule has 0 saturated heterocycles. The van der Waals surface area contributed by atoms with Crippen LogP contribution in [0.15, 0.2) is 35.0 Å². The van der Waals surface area contributed by atoms with Gasteiger partial charge in [0, 0.05) is 13.1 Å². The van der Waals surface area contributed by atoms with Gasteiger partial charge in [-0.25, -0.2) is 4.39 Å². The Balaban J connectivity index is 2.11. The summed E-state index contributed by atoms with van der Waals surface area (Å²) in [4.78, 5) is 11.9. The van der Waals surface area contributed by atoms with Crippen LogP contribution >= 0.6 is 0 Å². The molecule has 5 nitrogen and oxygen atoms in total. The van der Waals surface area contributed by atoms with Crippen LogP contribution in [-0.2, 0) is 6.54 Å². The molecule has 0 aliphatic heterocycles. The summed E-state index contributed by atoms with van der Waals surface area (Å²) in [7, 11) is 1.56. The molecule has 0 aliphatic carbocycles. The largest absolute Gasteiger partial charge is 0.385 e. The lowest BCUT2D eigenvalue weighted by molar-refractivity contribution is 0.0947. The minimum Gasteiger partial charge on any atom is -0.385 e. The second kappa shape index (κ2) is 5.31. The Hall–Kier alpha value is -2.37. The van der Waals surface area contributed by atoms with Crippen LogP contribution in [0.1, 0.15) is 16.1 Å². The van der Waals surface area contributed by atoms with Gasteiger partial charge in [0.15, 0.2) is 5.76 Å². The number of hydrogen-bond donors (Lipinski definition) is 2. The molecule has 0 radical (unpaired) electrons. The maximum Gasteiger partial charge on any atom is 0.253 e. The Morgan fingerprint density at radius 1 is 1.44 bits per heavy atom. The van der Waals surface area contributed by atoms with Crippen molar-refractivity contribution < 1.29 is 13.7 Å². The minimum absolute atomic E-state index is 0.174. The van der Waals surface area contributed by atoms with Gasteiger partial charge in [0.25, 0.3) is 5.91 Å². The number of amides is 1. The number of nitrogens with one attached hydrogen (secondary N) is 2. The fourth-order valence-electron chi connectivity index (χ4n) is 1.56. The van der Waals surface area contributed by atoms with Crippen LogP contribution in [0.3, 0.4) is 0 Å². The topological polar surface area (TPSA) is 67.2 Å². The highest BCUT2D eigenvalue weighted by Crippen LogP contribution is 2.19. The Labute approximate surface area is 103 Å². The van der Waals surface area contributed by atoms with Crippen molar-refractivity contribution in [2.75, 3.05) is 12.4 Å². The predicted molar refractivity (Wildman–Crippen MR) is 63.6 cm³/mol. The summed E-state index contributed by atoms with van der Waals surface area (Å²) >= 11 is 0. The Bertz CT molecular complexity index is 540. The SMILES string of the molecule is CNc1c(F)cccc1C(=O)NCc1ccno1. The molecule has 2 aromatic rings. The Morgan fingerprint density at radius 2 is 2.28 bits per heavy atom. The third kappa shape index (κ3) is 2.48. The molecule has 0 aliphatic rings. The first-order valence-corrected chi connectivity index (χ1v) is 5.36. The summed E-state index contributed by atoms with van der Waals surface area (Å²) in [6, 6.07) is 5.97. The van der Waals surface area contributed by atoms with E-state index in [2.05, 4.69) is 15.8 Å². The summed E-state index contributed by atoms with van der Waals surface area (Å²) in [5.41, 5.74) is 0.421. The van der Waals surface area contributed by atoms with Crippen LogP contribution < -0.4 is 10.6 Å². The Kier molecular flexibility index (Phi) is 3.57. The van der Waals surface area contributed by atoms with E-state index >= 15 is 0 Å². The number of benzene rings is 1. The van der Waals surface area contributed by atoms with Crippen LogP contribution in [0.4, 0.5) is 10.1 Å². The molecule has 0 atom stereocenters. The van der Waals surface area contributed by atoms with Gasteiger partial charge >= 0.3 is 0 Å². The zero-order chi connectivity index (χ0) is 13.0. The third-order valence-electron chi connectivity index (χ3n) is 2.42. The maximum atomic E-state index is 13.5. The molecule has 94 valence electrons. The molecule has 6 heteroatoms. The zero-order valence-electron chi connectivity index (χ0n) is 9.74. The van der Waals surface area contributed by atoms with Gasteiger partial charge in [0.1, 0.15) is 5.82 Å². The molecule has 1 aromatic carbocycles. The number of para-hydroxylation sites is 1. The van der Waals surface area contributed by atoms with Crippen molar-refractivity contribution in [2.45, 2.75) is 6.54 Å². The molecule has 1 heterocycles. The molecular weight excluding hydrogens is 237 g/mol. The molecular formula is C12H12FN3O2. The predicted octanol–water partition coefficient (Wildman–Crippen LogP) is 1.79. The van der Waals surface area contributed by atoms with Crippen molar-refractivity contribution in [1.29, 1.82) is 0 Å². The number of carbonyl (C=O) groups is 1. The standard InChI is InChI=1S/C12H12FN3O2/c1-14-11-9(3-2-4-10(11)13)12(17)15-7-8-5-6-16-18-8/h2-6,14H,7H2,1H3,(H,15,17). The molecule has 0 unspecified atom stereocenters. The zero-order valence-corrected chi connectivity index (χ0v) is 9.74. The lowest BCUT2D eigenvalue weighted by Gasteiger charge is -2.09. The highest BCUT2D eigenvalue weighted by atomic mass is 19.1. The summed E-state index contributed by atoms with van der Waals surface area (Å²) in [6.45, 7) is 0.207. The van der Waals surface area contributed by atoms with Crippen molar-refractivity contribution in [3.05, 3.63) is 47.6 Å². The molecule has 0 bridgehead atoms. The van der Waals surface area contributed by atoms with E-state index < -0.39 is 5.82 Å². The second-order valence-corrected chi connectivity index (χ2v) is 3.57. The van der Waals surface area contributed by atoms with E-state index in [9.17, 15) is 9.18 Å². The average Bonchev–Trinajstić information content (AvgIpc) is 2.88. The fraction of sp³-hybridized carbons (Fsp3) is 0.167. The third-order valence-corrected chi connectivity index (χ3v) is 2.42. The van der Waals surface area contributed by atoms with Crippen LogP contribution in [0.25, 0.3) is 0 Å². The van der Waals surface area contributed by atoms with Gasteiger partial charge in [-0.2, -0.15) is 0 Å². The van der Waals surface area contributed by atoms with E-state index in [-0.39, 0.29) is 23.7 Å². The van der Waals surface area contributed by atoms with Crippen LogP contribution in [-0.4, -0.2) is 18.1 Å². The van der Waals surface area contributed by atoms with Gasteiger partial charge in [-0.15, -0.1) is 0 Å². The van der Waals surface area contributed by atoms with Crippen LogP contribution in [0.2, 0.25) is 0 Å². The lowest BCUT2D eigenvalue weighted by atomic mass is 10.1. The maximum absolute atomic E-state index is 13.5. The van der Waals surface area contributed by atoms with Gasteiger partial charge in [-0.3, -0.25) is 4.79 Å². The van der Waals surface area contributed by atoms with E-state index in [0.717, 1.165) is 0 Å². The summed E-state index contributed by atoms with van der Waals surface area (Å²) in [5, 5.41) is 8.81. The van der Waals surface area contributed by atoms with Gasteiger partial charge in [0.05, 0.1) is 24.0 Å². The number of rotatable bonds is 4. The summed E-state index contributed by atoms with van der Waals surface area (Å²) in [5.74, 6) is -0.314. The van der Waals surface area contributed by atoms with Crippen LogP contribution in [0.5, 0.6) is 0 Å². The number of aromatic nitrogens is 1. The number of carbonyl (C=O) groups excluding carboxylic acids is 1. The van der Waals surface area contributed by atoms with Crippen molar-refractivity contribution >= 4 is 11.6 Å². The molecule has 2 N–H and O–H groups in total. The quantitative estimate of drug-likeness (QED) is 0.866. The molecule has 2 rings (SSSR count). The van der Waals surface area contributed by atoms with Crippen molar-refractivity contribution in [3.8, 4) is 0 Å². The smallest absolute Gasteiger partial charge is 0.253 e. The highest BCUT2D eigenvalue weighted by molar-refractivity contribution is 5.99. The second-order valence-electron chi connectivity index (χ2n) is 3.57. The number of nitrogens with zero attached hydrogens (tertiary/aromatic N) is 1. The van der Waals surface area contributed by atoms with E-state index in [1.54, 1.807) is 19.2 Å². The van der Waals surface area contributed by atoms with E-state index in [4.69, 9.17) is 4.52 Å². The molecule has 1 aromatic heterocycles. The van der Waals surface area contributed by atoms with Crippen molar-refractivity contribution in [3.63, 3.8) is 0 Å². The Morgan fingerprint density at radius 3 is 2.94 bits per heavy atom. The van der Waals surface area contributed by atoms with Gasteiger partial charge in [-0.1, -0.05) is 11.2 Å². The molecule has 1 amide bonds. The molecule has 0 spiro atoms. The summed E-state index contributed by atoms with van der Waals surface area (Å²) in [6.07, 6.45) is 1.49. The fourth-order valence-corrected chi connectivity index (χ4v) is 1.56. The van der Waals surface area contributed by atoms with Crippen molar-refractivity contribution in [2.24, 2.45) is 0 Å². The van der Waals surface area contributed by atoms with Crippen molar-refractivity contribution in [1.82, 2.24) is 10.5 Å². The van der Waals surface area contributed by atoms with Gasteiger partial charge in [0.2, 0.25) is 0 Å². The molecule has 0 fully saturated rings. The average molecular weight is 249 g/mol. The number of anilines is 1. The molecule has 18 heavy (non-hydrogen) atoms. The number of hydrogen-bond acceptors (Lipinski definition) is 4. The van der Waals surface area contributed by atoms with E-state index in [1.165, 1.54) is 18.3 Å². The minimum atomic E-state index is -0.468. The van der Waals surface area contributed by atoms with E-state index in [1.807, 2.05) is 0 Å². The first-order chi connectivity index (χ1) is 8.72. The first kappa shape index (κ1) is 12.1. The normalized spacial score (nSPS) is 10.1. The first-order valence-electron chi connectivity index (χ1n) is 5.36. The monoisotopic (exact) mass is 249 g/mol. The lowest BCUT2D eigenvalue weighted by Crippen LogP contribution is -2.23. The summed E-state index contributed by atoms with van der Waals surface area (Å²) < 4.78 is 18.3. The highest BCUT2D eigenvalue weighted by Gasteiger charge is 2.14. The van der Waals surface area contributed by atoms with Crippen LogP contribution in [0, 0.1) is 5.82 Å². The van der Waals surface area contributed by atoms with Gasteiger partial charge < -0.3 is 15.2 Å². The van der Waals surface area contributed by atoms with E-state index in [0.29, 0.717) is 5.76 Å².